The Morgan fingerprint density at radius 3 is 2.60 bits per heavy atom. The Morgan fingerprint density at radius 1 is 1.09 bits per heavy atom. The molecule has 2 aromatic heterocycles. The van der Waals surface area contributed by atoms with Crippen LogP contribution in [0.1, 0.15) is 31.2 Å². The van der Waals surface area contributed by atoms with Gasteiger partial charge in [-0.3, -0.25) is 4.79 Å². The predicted molar refractivity (Wildman–Crippen MR) is 125 cm³/mol. The Balaban J connectivity index is 1.52. The molecule has 176 valence electrons. The lowest BCUT2D eigenvalue weighted by Gasteiger charge is -2.47. The summed E-state index contributed by atoms with van der Waals surface area (Å²) >= 11 is 0. The molecule has 0 aliphatic heterocycles. The fourth-order valence-corrected chi connectivity index (χ4v) is 5.94. The maximum absolute atomic E-state index is 14.3. The summed E-state index contributed by atoms with van der Waals surface area (Å²) in [6.45, 7) is 0. The van der Waals surface area contributed by atoms with Crippen LogP contribution in [0.5, 0.6) is 0 Å². The number of halogens is 2. The highest BCUT2D eigenvalue weighted by Crippen LogP contribution is 2.46. The van der Waals surface area contributed by atoms with E-state index in [1.807, 2.05) is 0 Å². The van der Waals surface area contributed by atoms with Gasteiger partial charge < -0.3 is 15.4 Å². The smallest absolute Gasteiger partial charge is 0.308 e. The number of nitriles is 1. The molecule has 4 aromatic rings. The number of nitrogens with zero attached hydrogens (tertiary/aromatic N) is 3. The number of hydrogen-bond donors (Lipinski definition) is 3. The molecule has 2 atom stereocenters. The molecule has 0 unspecified atom stereocenters. The van der Waals surface area contributed by atoms with E-state index in [9.17, 15) is 23.9 Å². The maximum Gasteiger partial charge on any atom is 0.308 e. The largest absolute Gasteiger partial charge is 0.481 e. The molecule has 3 fully saturated rings. The SMILES string of the molecule is N#Cc1ccc2nc(-c3c[nH]c4c(F)cc(F)cc34)nc(N[C@H]3C4CCC(CC4)[C@@H]3C(=O)O)c2c1. The molecule has 3 aliphatic rings. The number of carboxylic acids is 1. The van der Waals surface area contributed by atoms with Crippen molar-refractivity contribution in [3.8, 4) is 17.5 Å². The van der Waals surface area contributed by atoms with Gasteiger partial charge in [-0.2, -0.15) is 5.26 Å². The van der Waals surface area contributed by atoms with Crippen molar-refractivity contribution in [3.05, 3.63) is 53.7 Å². The highest BCUT2D eigenvalue weighted by molar-refractivity contribution is 5.97. The number of carbonyl (C=O) groups is 1. The molecule has 0 radical (unpaired) electrons. The van der Waals surface area contributed by atoms with Gasteiger partial charge in [-0.1, -0.05) is 0 Å². The van der Waals surface area contributed by atoms with Crippen LogP contribution < -0.4 is 5.32 Å². The molecule has 35 heavy (non-hydrogen) atoms. The van der Waals surface area contributed by atoms with Crippen molar-refractivity contribution in [2.24, 2.45) is 17.8 Å². The van der Waals surface area contributed by atoms with Gasteiger partial charge in [0.05, 0.1) is 28.6 Å². The molecule has 2 bridgehead atoms. The van der Waals surface area contributed by atoms with Gasteiger partial charge in [0.25, 0.3) is 0 Å². The van der Waals surface area contributed by atoms with Gasteiger partial charge in [-0.05, 0) is 61.8 Å². The summed E-state index contributed by atoms with van der Waals surface area (Å²) in [5.41, 5.74) is 1.53. The molecule has 3 saturated carbocycles. The van der Waals surface area contributed by atoms with E-state index in [-0.39, 0.29) is 29.2 Å². The summed E-state index contributed by atoms with van der Waals surface area (Å²) in [6, 6.07) is 8.85. The Labute approximate surface area is 198 Å². The van der Waals surface area contributed by atoms with Crippen molar-refractivity contribution >= 4 is 33.6 Å². The summed E-state index contributed by atoms with van der Waals surface area (Å²) in [6.07, 6.45) is 5.24. The molecule has 2 heterocycles. The Kier molecular flexibility index (Phi) is 4.92. The summed E-state index contributed by atoms with van der Waals surface area (Å²) in [5, 5.41) is 23.7. The minimum Gasteiger partial charge on any atom is -0.481 e. The number of H-pyrrole nitrogens is 1. The molecule has 7 nitrogen and oxygen atoms in total. The Hall–Kier alpha value is -4.06. The van der Waals surface area contributed by atoms with E-state index in [1.165, 1.54) is 12.3 Å². The lowest BCUT2D eigenvalue weighted by atomic mass is 9.61. The lowest BCUT2D eigenvalue weighted by molar-refractivity contribution is -0.148. The molecule has 3 N–H and O–H groups in total. The standard InChI is InChI=1S/C26H21F2N5O2/c27-15-8-16-18(11-30-23(16)19(28)9-15)25-31-20-6-1-12(10-29)7-17(20)24(33-25)32-22-14-4-2-13(3-5-14)21(22)26(34)35/h1,6-9,11,13-14,21-22,30H,2-5H2,(H,34,35)(H,31,32,33)/t13?,14?,21-,22-/m0/s1. The van der Waals surface area contributed by atoms with Gasteiger partial charge in [-0.15, -0.1) is 0 Å². The monoisotopic (exact) mass is 473 g/mol. The van der Waals surface area contributed by atoms with Crippen molar-refractivity contribution in [3.63, 3.8) is 0 Å². The minimum atomic E-state index is -0.823. The van der Waals surface area contributed by atoms with E-state index >= 15 is 0 Å². The van der Waals surface area contributed by atoms with Gasteiger partial charge in [0.15, 0.2) is 5.82 Å². The third-order valence-electron chi connectivity index (χ3n) is 7.58. The predicted octanol–water partition coefficient (Wildman–Crippen LogP) is 5.23. The summed E-state index contributed by atoms with van der Waals surface area (Å²) < 4.78 is 28.3. The number of aliphatic carboxylic acids is 1. The second-order valence-electron chi connectivity index (χ2n) is 9.46. The summed E-state index contributed by atoms with van der Waals surface area (Å²) in [7, 11) is 0. The van der Waals surface area contributed by atoms with Gasteiger partial charge in [-0.25, -0.2) is 18.7 Å². The van der Waals surface area contributed by atoms with Crippen molar-refractivity contribution in [2.45, 2.75) is 31.7 Å². The zero-order valence-corrected chi connectivity index (χ0v) is 18.6. The zero-order valence-electron chi connectivity index (χ0n) is 18.6. The van der Waals surface area contributed by atoms with Crippen LogP contribution in [0.25, 0.3) is 33.2 Å². The Morgan fingerprint density at radius 2 is 1.86 bits per heavy atom. The van der Waals surface area contributed by atoms with Crippen LogP contribution in [0.3, 0.4) is 0 Å². The molecule has 7 rings (SSSR count). The van der Waals surface area contributed by atoms with Crippen molar-refractivity contribution in [1.82, 2.24) is 15.0 Å². The first-order chi connectivity index (χ1) is 16.9. The topological polar surface area (TPSA) is 115 Å². The van der Waals surface area contributed by atoms with Crippen LogP contribution in [0.4, 0.5) is 14.6 Å². The number of rotatable bonds is 4. The number of benzene rings is 2. The third-order valence-corrected chi connectivity index (χ3v) is 7.58. The highest BCUT2D eigenvalue weighted by Gasteiger charge is 2.47. The van der Waals surface area contributed by atoms with Crippen LogP contribution in [0.2, 0.25) is 0 Å². The van der Waals surface area contributed by atoms with E-state index in [2.05, 4.69) is 21.4 Å². The number of hydrogen-bond acceptors (Lipinski definition) is 5. The number of anilines is 1. The fraction of sp³-hybridized carbons (Fsp3) is 0.308. The van der Waals surface area contributed by atoms with Gasteiger partial charge >= 0.3 is 5.97 Å². The highest BCUT2D eigenvalue weighted by atomic mass is 19.1. The normalized spacial score (nSPS) is 23.5. The number of aromatic nitrogens is 3. The molecule has 2 aromatic carbocycles. The molecule has 3 aliphatic carbocycles. The van der Waals surface area contributed by atoms with Crippen LogP contribution in [0.15, 0.2) is 36.5 Å². The van der Waals surface area contributed by atoms with E-state index in [0.29, 0.717) is 33.2 Å². The first-order valence-corrected chi connectivity index (χ1v) is 11.6. The van der Waals surface area contributed by atoms with Gasteiger partial charge in [0.2, 0.25) is 0 Å². The molecular formula is C26H21F2N5O2. The van der Waals surface area contributed by atoms with E-state index < -0.39 is 23.5 Å². The van der Waals surface area contributed by atoms with Crippen molar-refractivity contribution in [2.75, 3.05) is 5.32 Å². The van der Waals surface area contributed by atoms with Crippen LogP contribution in [-0.4, -0.2) is 32.1 Å². The molecule has 9 heteroatoms. The van der Waals surface area contributed by atoms with Gasteiger partial charge in [0, 0.05) is 34.6 Å². The summed E-state index contributed by atoms with van der Waals surface area (Å²) in [5.74, 6) is -1.82. The van der Waals surface area contributed by atoms with Gasteiger partial charge in [0.1, 0.15) is 17.5 Å². The molecular weight excluding hydrogens is 452 g/mol. The molecule has 0 saturated heterocycles. The van der Waals surface area contributed by atoms with E-state index in [1.54, 1.807) is 18.2 Å². The lowest BCUT2D eigenvalue weighted by Crippen LogP contribution is -2.51. The maximum atomic E-state index is 14.3. The van der Waals surface area contributed by atoms with Crippen LogP contribution in [0, 0.1) is 40.7 Å². The quantitative estimate of drug-likeness (QED) is 0.374. The average molecular weight is 473 g/mol. The van der Waals surface area contributed by atoms with Crippen LogP contribution >= 0.6 is 0 Å². The molecule has 0 spiro atoms. The average Bonchev–Trinajstić information content (AvgIpc) is 3.28. The Bertz CT molecular complexity index is 1530. The number of nitrogens with one attached hydrogen (secondary N) is 2. The van der Waals surface area contributed by atoms with Crippen molar-refractivity contribution in [1.29, 1.82) is 5.26 Å². The number of aromatic amines is 1. The second-order valence-corrected chi connectivity index (χ2v) is 9.46. The summed E-state index contributed by atoms with van der Waals surface area (Å²) in [4.78, 5) is 24.3. The van der Waals surface area contributed by atoms with E-state index in [0.717, 1.165) is 31.7 Å². The number of carboxylic acid groups (broad SMARTS) is 1. The van der Waals surface area contributed by atoms with Crippen molar-refractivity contribution < 1.29 is 18.7 Å². The first-order valence-electron chi connectivity index (χ1n) is 11.6. The molecule has 0 amide bonds. The third kappa shape index (κ3) is 3.48. The minimum absolute atomic E-state index is 0.108. The van der Waals surface area contributed by atoms with Crippen LogP contribution in [-0.2, 0) is 4.79 Å². The number of fused-ring (bicyclic) bond motifs is 5. The van der Waals surface area contributed by atoms with E-state index in [4.69, 9.17) is 4.98 Å². The first kappa shape index (κ1) is 21.5. The second kappa shape index (κ2) is 8.01. The fourth-order valence-electron chi connectivity index (χ4n) is 5.94. The zero-order chi connectivity index (χ0) is 24.3.